The van der Waals surface area contributed by atoms with Crippen molar-refractivity contribution in [3.05, 3.63) is 48.0 Å². The van der Waals surface area contributed by atoms with E-state index in [1.165, 1.54) is 17.9 Å². The first-order valence-corrected chi connectivity index (χ1v) is 6.37. The number of fused-ring (bicyclic) bond motifs is 1. The summed E-state index contributed by atoms with van der Waals surface area (Å²) in [5.41, 5.74) is 0.657. The first kappa shape index (κ1) is 12.2. The van der Waals surface area contributed by atoms with Gasteiger partial charge < -0.3 is 9.47 Å². The van der Waals surface area contributed by atoms with Gasteiger partial charge in [-0.25, -0.2) is 0 Å². The lowest BCUT2D eigenvalue weighted by atomic mass is 9.79. The van der Waals surface area contributed by atoms with Gasteiger partial charge in [-0.1, -0.05) is 42.5 Å². The van der Waals surface area contributed by atoms with Crippen molar-refractivity contribution in [2.24, 2.45) is 5.41 Å². The molecule has 1 saturated heterocycles. The smallest absolute Gasteiger partial charge is 0.316 e. The molecule has 3 rings (SSSR count). The molecule has 0 unspecified atom stereocenters. The van der Waals surface area contributed by atoms with Crippen molar-refractivity contribution < 1.29 is 14.3 Å². The van der Waals surface area contributed by atoms with E-state index in [0.717, 1.165) is 5.56 Å². The number of hydrogen-bond acceptors (Lipinski definition) is 3. The monoisotopic (exact) mass is 256 g/mol. The second-order valence-electron chi connectivity index (χ2n) is 5.12. The number of hydrogen-bond donors (Lipinski definition) is 0. The number of carbonyl (C=O) groups excluding carboxylic acids is 1. The van der Waals surface area contributed by atoms with Crippen LogP contribution >= 0.6 is 0 Å². The molecule has 0 bridgehead atoms. The maximum Gasteiger partial charge on any atom is 0.316 e. The molecule has 2 aromatic rings. The Hall–Kier alpha value is -1.87. The third-order valence-corrected chi connectivity index (χ3v) is 3.73. The van der Waals surface area contributed by atoms with Crippen molar-refractivity contribution in [3.63, 3.8) is 0 Å². The lowest BCUT2D eigenvalue weighted by molar-refractivity contribution is -0.182. The van der Waals surface area contributed by atoms with Crippen LogP contribution in [0.15, 0.2) is 42.5 Å². The number of ether oxygens (including phenoxy) is 2. The van der Waals surface area contributed by atoms with Crippen molar-refractivity contribution >= 4 is 16.7 Å². The van der Waals surface area contributed by atoms with Crippen LogP contribution in [0, 0.1) is 5.41 Å². The molecule has 3 nitrogen and oxygen atoms in total. The standard InChI is InChI=1S/C16H16O3/c1-18-15(17)16(10-19-11-16)9-12-6-7-13-4-2-3-5-14(13)8-12/h2-8H,9-11H2,1H3. The zero-order chi connectivity index (χ0) is 13.3. The lowest BCUT2D eigenvalue weighted by Crippen LogP contribution is -2.51. The molecule has 0 spiro atoms. The Balaban J connectivity index is 1.90. The molecule has 1 aliphatic rings. The van der Waals surface area contributed by atoms with Gasteiger partial charge in [-0.05, 0) is 22.8 Å². The minimum atomic E-state index is -0.489. The van der Waals surface area contributed by atoms with Crippen molar-refractivity contribution in [1.29, 1.82) is 0 Å². The Labute approximate surface area is 112 Å². The van der Waals surface area contributed by atoms with Gasteiger partial charge in [-0.2, -0.15) is 0 Å². The van der Waals surface area contributed by atoms with Crippen LogP contribution < -0.4 is 0 Å². The summed E-state index contributed by atoms with van der Waals surface area (Å²) in [6.07, 6.45) is 0.671. The van der Waals surface area contributed by atoms with Crippen LogP contribution in [0.5, 0.6) is 0 Å². The molecule has 0 aliphatic carbocycles. The molecule has 0 atom stereocenters. The third kappa shape index (κ3) is 2.10. The summed E-state index contributed by atoms with van der Waals surface area (Å²) in [5, 5.41) is 2.41. The second-order valence-corrected chi connectivity index (χ2v) is 5.12. The molecule has 3 heteroatoms. The van der Waals surface area contributed by atoms with Crippen LogP contribution in [-0.2, 0) is 20.7 Å². The Bertz CT molecular complexity index is 614. The molecule has 2 aromatic carbocycles. The minimum Gasteiger partial charge on any atom is -0.468 e. The number of esters is 1. The second kappa shape index (κ2) is 4.67. The highest BCUT2D eigenvalue weighted by Crippen LogP contribution is 2.33. The maximum atomic E-state index is 11.9. The maximum absolute atomic E-state index is 11.9. The highest BCUT2D eigenvalue weighted by molar-refractivity contribution is 5.83. The van der Waals surface area contributed by atoms with Crippen LogP contribution in [0.3, 0.4) is 0 Å². The van der Waals surface area contributed by atoms with Crippen molar-refractivity contribution in [2.45, 2.75) is 6.42 Å². The van der Waals surface area contributed by atoms with Gasteiger partial charge in [-0.3, -0.25) is 4.79 Å². The van der Waals surface area contributed by atoms with E-state index in [0.29, 0.717) is 19.6 Å². The van der Waals surface area contributed by atoms with Gasteiger partial charge >= 0.3 is 5.97 Å². The lowest BCUT2D eigenvalue weighted by Gasteiger charge is -2.38. The Morgan fingerprint density at radius 2 is 1.95 bits per heavy atom. The summed E-state index contributed by atoms with van der Waals surface area (Å²) in [6.45, 7) is 0.902. The molecule has 1 fully saturated rings. The summed E-state index contributed by atoms with van der Waals surface area (Å²) >= 11 is 0. The highest BCUT2D eigenvalue weighted by atomic mass is 16.5. The molecule has 0 amide bonds. The van der Waals surface area contributed by atoms with E-state index in [-0.39, 0.29) is 5.97 Å². The molecule has 0 N–H and O–H groups in total. The van der Waals surface area contributed by atoms with Gasteiger partial charge in [0.2, 0.25) is 0 Å². The van der Waals surface area contributed by atoms with E-state index >= 15 is 0 Å². The quantitative estimate of drug-likeness (QED) is 0.792. The van der Waals surface area contributed by atoms with Gasteiger partial charge in [-0.15, -0.1) is 0 Å². The van der Waals surface area contributed by atoms with Crippen molar-refractivity contribution in [1.82, 2.24) is 0 Å². The topological polar surface area (TPSA) is 35.5 Å². The van der Waals surface area contributed by atoms with Gasteiger partial charge in [0, 0.05) is 0 Å². The molecular formula is C16H16O3. The van der Waals surface area contributed by atoms with Crippen molar-refractivity contribution in [2.75, 3.05) is 20.3 Å². The molecule has 98 valence electrons. The summed E-state index contributed by atoms with van der Waals surface area (Å²) in [6, 6.07) is 14.5. The molecule has 0 saturated carbocycles. The van der Waals surface area contributed by atoms with Crippen LogP contribution in [0.2, 0.25) is 0 Å². The Kier molecular flexibility index (Phi) is 2.99. The largest absolute Gasteiger partial charge is 0.468 e. The first-order valence-electron chi connectivity index (χ1n) is 6.37. The average molecular weight is 256 g/mol. The van der Waals surface area contributed by atoms with Gasteiger partial charge in [0.15, 0.2) is 0 Å². The van der Waals surface area contributed by atoms with E-state index in [2.05, 4.69) is 30.3 Å². The predicted molar refractivity (Wildman–Crippen MR) is 72.9 cm³/mol. The van der Waals surface area contributed by atoms with Gasteiger partial charge in [0.05, 0.1) is 20.3 Å². The minimum absolute atomic E-state index is 0.174. The van der Waals surface area contributed by atoms with Crippen LogP contribution in [0.25, 0.3) is 10.8 Å². The summed E-state index contributed by atoms with van der Waals surface area (Å²) in [5.74, 6) is -0.174. The summed E-state index contributed by atoms with van der Waals surface area (Å²) in [4.78, 5) is 11.9. The van der Waals surface area contributed by atoms with E-state index in [1.54, 1.807) is 0 Å². The number of rotatable bonds is 3. The van der Waals surface area contributed by atoms with Crippen LogP contribution in [0.4, 0.5) is 0 Å². The van der Waals surface area contributed by atoms with E-state index in [1.807, 2.05) is 12.1 Å². The molecular weight excluding hydrogens is 240 g/mol. The fourth-order valence-corrected chi connectivity index (χ4v) is 2.60. The molecule has 0 radical (unpaired) electrons. The molecule has 1 heterocycles. The average Bonchev–Trinajstić information content (AvgIpc) is 2.42. The van der Waals surface area contributed by atoms with Crippen LogP contribution in [0.1, 0.15) is 5.56 Å². The molecule has 0 aromatic heterocycles. The number of benzene rings is 2. The van der Waals surface area contributed by atoms with Gasteiger partial charge in [0.1, 0.15) is 5.41 Å². The summed E-state index contributed by atoms with van der Waals surface area (Å²) in [7, 11) is 1.43. The zero-order valence-corrected chi connectivity index (χ0v) is 10.9. The Morgan fingerprint density at radius 3 is 2.58 bits per heavy atom. The molecule has 19 heavy (non-hydrogen) atoms. The Morgan fingerprint density at radius 1 is 1.21 bits per heavy atom. The van der Waals surface area contributed by atoms with E-state index < -0.39 is 5.41 Å². The van der Waals surface area contributed by atoms with E-state index in [9.17, 15) is 4.79 Å². The SMILES string of the molecule is COC(=O)C1(Cc2ccc3ccccc3c2)COC1. The van der Waals surface area contributed by atoms with E-state index in [4.69, 9.17) is 9.47 Å². The first-order chi connectivity index (χ1) is 9.23. The zero-order valence-electron chi connectivity index (χ0n) is 10.9. The third-order valence-electron chi connectivity index (χ3n) is 3.73. The molecule has 1 aliphatic heterocycles. The number of methoxy groups -OCH3 is 1. The highest BCUT2D eigenvalue weighted by Gasteiger charge is 2.47. The predicted octanol–water partition coefficient (Wildman–Crippen LogP) is 2.57. The summed E-state index contributed by atoms with van der Waals surface area (Å²) < 4.78 is 10.1. The normalized spacial score (nSPS) is 16.9. The fourth-order valence-electron chi connectivity index (χ4n) is 2.60. The number of carbonyl (C=O) groups is 1. The van der Waals surface area contributed by atoms with Crippen molar-refractivity contribution in [3.8, 4) is 0 Å². The van der Waals surface area contributed by atoms with Crippen LogP contribution in [-0.4, -0.2) is 26.3 Å². The van der Waals surface area contributed by atoms with Gasteiger partial charge in [0.25, 0.3) is 0 Å². The fraction of sp³-hybridized carbons (Fsp3) is 0.312.